The normalized spacial score (nSPS) is 19.3. The summed E-state index contributed by atoms with van der Waals surface area (Å²) in [5, 5.41) is 3.49. The summed E-state index contributed by atoms with van der Waals surface area (Å²) in [6.07, 6.45) is 10.7. The van der Waals surface area contributed by atoms with E-state index in [1.165, 1.54) is 30.6 Å². The fourth-order valence-corrected chi connectivity index (χ4v) is 3.97. The Labute approximate surface area is 167 Å². The van der Waals surface area contributed by atoms with Crippen LogP contribution in [0.1, 0.15) is 42.9 Å². The summed E-state index contributed by atoms with van der Waals surface area (Å²) in [4.78, 5) is 26.1. The molecule has 0 atom stereocenters. The van der Waals surface area contributed by atoms with Crippen LogP contribution in [0.2, 0.25) is 10.0 Å². The second-order valence-electron chi connectivity index (χ2n) is 6.96. The van der Waals surface area contributed by atoms with Gasteiger partial charge in [0.1, 0.15) is 5.70 Å². The average molecular weight is 404 g/mol. The number of urea groups is 1. The third kappa shape index (κ3) is 3.75. The maximum Gasteiger partial charge on any atom is 0.329 e. The molecule has 3 amide bonds. The number of imide groups is 1. The molecule has 140 valence electrons. The molecule has 1 aliphatic heterocycles. The van der Waals surface area contributed by atoms with Crippen LogP contribution in [-0.4, -0.2) is 21.4 Å². The van der Waals surface area contributed by atoms with Crippen LogP contribution in [0.15, 0.2) is 42.4 Å². The summed E-state index contributed by atoms with van der Waals surface area (Å²) in [5.41, 5.74) is 1.92. The van der Waals surface area contributed by atoms with Gasteiger partial charge in [0.2, 0.25) is 0 Å². The Morgan fingerprint density at radius 1 is 1.11 bits per heavy atom. The Kier molecular flexibility index (Phi) is 4.98. The van der Waals surface area contributed by atoms with Crippen molar-refractivity contribution < 1.29 is 9.59 Å². The molecule has 2 aliphatic rings. The highest BCUT2D eigenvalue weighted by Crippen LogP contribution is 2.30. The second-order valence-corrected chi connectivity index (χ2v) is 7.77. The van der Waals surface area contributed by atoms with Gasteiger partial charge in [-0.2, -0.15) is 0 Å². The molecule has 1 aromatic carbocycles. The van der Waals surface area contributed by atoms with Crippen molar-refractivity contribution in [3.63, 3.8) is 0 Å². The third-order valence-corrected chi connectivity index (χ3v) is 5.82. The molecule has 2 fully saturated rings. The molecule has 4 rings (SSSR count). The molecule has 1 aromatic heterocycles. The minimum absolute atomic E-state index is 0.141. The second kappa shape index (κ2) is 7.41. The monoisotopic (exact) mass is 403 g/mol. The van der Waals surface area contributed by atoms with Crippen molar-refractivity contribution >= 4 is 41.2 Å². The lowest BCUT2D eigenvalue weighted by molar-refractivity contribution is -0.123. The van der Waals surface area contributed by atoms with Crippen LogP contribution in [0.5, 0.6) is 0 Å². The van der Waals surface area contributed by atoms with E-state index in [1.54, 1.807) is 24.3 Å². The van der Waals surface area contributed by atoms with Crippen molar-refractivity contribution in [2.75, 3.05) is 0 Å². The standard InChI is InChI=1S/C20H19Cl2N3O2/c21-16-6-5-13(9-17(16)22)12-25-19(26)18(23-20(25)27)10-14-7-8-24(11-14)15-3-1-2-4-15/h5-11,15H,1-4,12H2,(H,23,27)/b18-10+. The zero-order chi connectivity index (χ0) is 19.0. The Balaban J connectivity index is 1.50. The molecule has 1 saturated carbocycles. The van der Waals surface area contributed by atoms with Gasteiger partial charge in [-0.05, 0) is 48.2 Å². The molecule has 0 unspecified atom stereocenters. The molecule has 0 radical (unpaired) electrons. The number of aromatic nitrogens is 1. The summed E-state index contributed by atoms with van der Waals surface area (Å²) in [6.45, 7) is 0.141. The number of rotatable bonds is 4. The Morgan fingerprint density at radius 2 is 1.89 bits per heavy atom. The summed E-state index contributed by atoms with van der Waals surface area (Å²) >= 11 is 11.9. The summed E-state index contributed by atoms with van der Waals surface area (Å²) in [7, 11) is 0. The van der Waals surface area contributed by atoms with Crippen molar-refractivity contribution in [3.05, 3.63) is 63.5 Å². The first kappa shape index (κ1) is 18.1. The number of hydrogen-bond donors (Lipinski definition) is 1. The third-order valence-electron chi connectivity index (χ3n) is 5.08. The van der Waals surface area contributed by atoms with E-state index in [9.17, 15) is 9.59 Å². The zero-order valence-corrected chi connectivity index (χ0v) is 16.1. The largest absolute Gasteiger partial charge is 0.351 e. The van der Waals surface area contributed by atoms with Crippen molar-refractivity contribution in [1.29, 1.82) is 0 Å². The molecular weight excluding hydrogens is 385 g/mol. The predicted molar refractivity (Wildman–Crippen MR) is 105 cm³/mol. The van der Waals surface area contributed by atoms with E-state index < -0.39 is 6.03 Å². The van der Waals surface area contributed by atoms with E-state index >= 15 is 0 Å². The van der Waals surface area contributed by atoms with E-state index in [1.807, 2.05) is 18.5 Å². The molecule has 7 heteroatoms. The van der Waals surface area contributed by atoms with Crippen LogP contribution in [0.4, 0.5) is 4.79 Å². The molecule has 1 N–H and O–H groups in total. The maximum atomic E-state index is 12.6. The van der Waals surface area contributed by atoms with E-state index in [4.69, 9.17) is 23.2 Å². The highest BCUT2D eigenvalue weighted by Gasteiger charge is 2.33. The zero-order valence-electron chi connectivity index (χ0n) is 14.6. The van der Waals surface area contributed by atoms with Gasteiger partial charge in [0.05, 0.1) is 16.6 Å². The van der Waals surface area contributed by atoms with Crippen LogP contribution in [0.3, 0.4) is 0 Å². The first-order valence-corrected chi connectivity index (χ1v) is 9.73. The Morgan fingerprint density at radius 3 is 2.63 bits per heavy atom. The molecule has 2 aromatic rings. The van der Waals surface area contributed by atoms with Gasteiger partial charge in [0.25, 0.3) is 5.91 Å². The number of carbonyl (C=O) groups excluding carboxylic acids is 2. The number of benzene rings is 1. The lowest BCUT2D eigenvalue weighted by Gasteiger charge is -2.12. The molecule has 2 heterocycles. The lowest BCUT2D eigenvalue weighted by Crippen LogP contribution is -2.30. The van der Waals surface area contributed by atoms with Crippen LogP contribution < -0.4 is 5.32 Å². The number of nitrogens with one attached hydrogen (secondary N) is 1. The van der Waals surface area contributed by atoms with E-state index in [2.05, 4.69) is 9.88 Å². The molecule has 0 bridgehead atoms. The molecular formula is C20H19Cl2N3O2. The van der Waals surface area contributed by atoms with Crippen molar-refractivity contribution in [3.8, 4) is 0 Å². The molecule has 1 aliphatic carbocycles. The fraction of sp³-hybridized carbons (Fsp3) is 0.300. The molecule has 27 heavy (non-hydrogen) atoms. The van der Waals surface area contributed by atoms with Crippen LogP contribution in [-0.2, 0) is 11.3 Å². The number of hydrogen-bond acceptors (Lipinski definition) is 2. The summed E-state index contributed by atoms with van der Waals surface area (Å²) in [6, 6.07) is 7.13. The van der Waals surface area contributed by atoms with Crippen LogP contribution >= 0.6 is 23.2 Å². The van der Waals surface area contributed by atoms with E-state index in [0.717, 1.165) is 11.1 Å². The number of amides is 3. The topological polar surface area (TPSA) is 54.3 Å². The van der Waals surface area contributed by atoms with Crippen LogP contribution in [0, 0.1) is 0 Å². The SMILES string of the molecule is O=C1N/C(=C/c2ccn(C3CCCC3)c2)C(=O)N1Cc1ccc(Cl)c(Cl)c1. The molecule has 5 nitrogen and oxygen atoms in total. The van der Waals surface area contributed by atoms with Crippen molar-refractivity contribution in [2.24, 2.45) is 0 Å². The van der Waals surface area contributed by atoms with Crippen molar-refractivity contribution in [2.45, 2.75) is 38.3 Å². The molecule has 0 spiro atoms. The van der Waals surface area contributed by atoms with Gasteiger partial charge in [-0.25, -0.2) is 4.79 Å². The quantitative estimate of drug-likeness (QED) is 0.576. The lowest BCUT2D eigenvalue weighted by atomic mass is 10.2. The average Bonchev–Trinajstić information content (AvgIpc) is 3.36. The first-order chi connectivity index (χ1) is 13.0. The minimum Gasteiger partial charge on any atom is -0.351 e. The van der Waals surface area contributed by atoms with Gasteiger partial charge in [0.15, 0.2) is 0 Å². The van der Waals surface area contributed by atoms with Gasteiger partial charge in [0, 0.05) is 18.4 Å². The minimum atomic E-state index is -0.437. The van der Waals surface area contributed by atoms with Gasteiger partial charge >= 0.3 is 6.03 Å². The van der Waals surface area contributed by atoms with Gasteiger partial charge in [-0.15, -0.1) is 0 Å². The van der Waals surface area contributed by atoms with Gasteiger partial charge in [-0.3, -0.25) is 9.69 Å². The van der Waals surface area contributed by atoms with Crippen molar-refractivity contribution in [1.82, 2.24) is 14.8 Å². The number of carbonyl (C=O) groups is 2. The van der Waals surface area contributed by atoms with Gasteiger partial charge in [-0.1, -0.05) is 42.1 Å². The first-order valence-electron chi connectivity index (χ1n) is 8.97. The smallest absolute Gasteiger partial charge is 0.329 e. The fourth-order valence-electron chi connectivity index (χ4n) is 3.65. The summed E-state index contributed by atoms with van der Waals surface area (Å²) in [5.74, 6) is -0.348. The maximum absolute atomic E-state index is 12.6. The van der Waals surface area contributed by atoms with Gasteiger partial charge < -0.3 is 9.88 Å². The highest BCUT2D eigenvalue weighted by atomic mass is 35.5. The molecule has 1 saturated heterocycles. The van der Waals surface area contributed by atoms with E-state index in [0.29, 0.717) is 16.1 Å². The summed E-state index contributed by atoms with van der Waals surface area (Å²) < 4.78 is 2.20. The highest BCUT2D eigenvalue weighted by molar-refractivity contribution is 6.42. The predicted octanol–water partition coefficient (Wildman–Crippen LogP) is 5.00. The van der Waals surface area contributed by atoms with Crippen LogP contribution in [0.25, 0.3) is 6.08 Å². The number of nitrogens with zero attached hydrogens (tertiary/aromatic N) is 2. The Bertz CT molecular complexity index is 929. The Hall–Kier alpha value is -2.24. The number of halogens is 2. The van der Waals surface area contributed by atoms with E-state index in [-0.39, 0.29) is 18.1 Å².